The zero-order valence-electron chi connectivity index (χ0n) is 18.2. The number of amidine groups is 2. The van der Waals surface area contributed by atoms with Crippen molar-refractivity contribution in [3.05, 3.63) is 56.5 Å². The molecule has 1 amide bonds. The van der Waals surface area contributed by atoms with Crippen molar-refractivity contribution >= 4 is 56.1 Å². The normalized spacial score (nSPS) is 16.7. The summed E-state index contributed by atoms with van der Waals surface area (Å²) in [4.78, 5) is 33.7. The number of fused-ring (bicyclic) bond motifs is 2. The second-order valence-corrected chi connectivity index (χ2v) is 9.56. The third kappa shape index (κ3) is 3.99. The fraction of sp³-hybridized carbons (Fsp3) is 0.190. The van der Waals surface area contributed by atoms with Crippen LogP contribution >= 0.6 is 23.1 Å². The number of nitrogens with one attached hydrogen (secondary N) is 1. The number of nitrogens with zero attached hydrogens (tertiary/aromatic N) is 6. The molecule has 0 atom stereocenters. The molecule has 0 fully saturated rings. The Bertz CT molecular complexity index is 1520. The Labute approximate surface area is 200 Å². The van der Waals surface area contributed by atoms with E-state index in [4.69, 9.17) is 14.9 Å². The Hall–Kier alpha value is -3.84. The highest BCUT2D eigenvalue weighted by Crippen LogP contribution is 2.31. The molecule has 1 N–H and O–H groups in total. The van der Waals surface area contributed by atoms with Gasteiger partial charge in [0.1, 0.15) is 11.6 Å². The number of hydrogen-bond acceptors (Lipinski definition) is 10. The number of aromatic nitrogens is 3. The summed E-state index contributed by atoms with van der Waals surface area (Å²) in [5.74, 6) is 0.322. The van der Waals surface area contributed by atoms with E-state index in [-0.39, 0.29) is 23.6 Å². The fourth-order valence-electron chi connectivity index (χ4n) is 3.33. The monoisotopic (exact) mass is 495 g/mol. The molecular formula is C21H17N7O4S2. The lowest BCUT2D eigenvalue weighted by atomic mass is 10.1. The molecule has 0 unspecified atom stereocenters. The number of aliphatic imine (C=N–C) groups is 1. The smallest absolute Gasteiger partial charge is 0.283 e. The van der Waals surface area contributed by atoms with Gasteiger partial charge in [-0.25, -0.2) is 4.98 Å². The average molecular weight is 496 g/mol. The molecule has 5 rings (SSSR count). The van der Waals surface area contributed by atoms with E-state index in [9.17, 15) is 9.59 Å². The Morgan fingerprint density at radius 2 is 2.00 bits per heavy atom. The summed E-state index contributed by atoms with van der Waals surface area (Å²) in [6.07, 6.45) is 1.56. The topological polar surface area (TPSA) is 135 Å². The summed E-state index contributed by atoms with van der Waals surface area (Å²) in [5, 5.41) is 19.9. The van der Waals surface area contributed by atoms with Crippen LogP contribution in [0.2, 0.25) is 0 Å². The minimum Gasteiger partial charge on any atom is -0.493 e. The molecule has 0 radical (unpaired) electrons. The van der Waals surface area contributed by atoms with Crippen molar-refractivity contribution in [1.29, 1.82) is 5.41 Å². The van der Waals surface area contributed by atoms with E-state index < -0.39 is 5.91 Å². The van der Waals surface area contributed by atoms with E-state index in [1.165, 1.54) is 45.8 Å². The van der Waals surface area contributed by atoms with Gasteiger partial charge in [0.25, 0.3) is 11.5 Å². The number of amides is 1. The van der Waals surface area contributed by atoms with Crippen LogP contribution in [0.15, 0.2) is 44.7 Å². The zero-order chi connectivity index (χ0) is 24.0. The molecule has 0 spiro atoms. The van der Waals surface area contributed by atoms with Gasteiger partial charge in [0.2, 0.25) is 10.1 Å². The van der Waals surface area contributed by atoms with Crippen LogP contribution < -0.4 is 15.0 Å². The van der Waals surface area contributed by atoms with Gasteiger partial charge in [-0.2, -0.15) is 24.7 Å². The number of benzene rings is 1. The number of aryl methyl sites for hydroxylation is 1. The van der Waals surface area contributed by atoms with E-state index in [0.717, 1.165) is 5.01 Å². The zero-order valence-corrected chi connectivity index (χ0v) is 19.9. The van der Waals surface area contributed by atoms with Gasteiger partial charge < -0.3 is 9.47 Å². The highest BCUT2D eigenvalue weighted by Gasteiger charge is 2.34. The van der Waals surface area contributed by atoms with Crippen LogP contribution in [0.4, 0.5) is 0 Å². The molecule has 13 heteroatoms. The van der Waals surface area contributed by atoms with E-state index in [0.29, 0.717) is 37.9 Å². The molecule has 4 heterocycles. The minimum absolute atomic E-state index is 0.0373. The highest BCUT2D eigenvalue weighted by atomic mass is 32.2. The maximum atomic E-state index is 12.5. The number of carbonyl (C=O) groups is 1. The lowest BCUT2D eigenvalue weighted by Crippen LogP contribution is -2.35. The number of ether oxygens (including phenoxy) is 2. The summed E-state index contributed by atoms with van der Waals surface area (Å²) < 4.78 is 12.6. The molecule has 1 aromatic carbocycles. The summed E-state index contributed by atoms with van der Waals surface area (Å²) in [7, 11) is 1.50. The van der Waals surface area contributed by atoms with Crippen LogP contribution in [0.3, 0.4) is 0 Å². The number of hydrazone groups is 1. The predicted octanol–water partition coefficient (Wildman–Crippen LogP) is 2.69. The number of thioether (sulfide) groups is 1. The number of carbonyl (C=O) groups excluding carboxylic acids is 1. The van der Waals surface area contributed by atoms with Gasteiger partial charge in [0.05, 0.1) is 23.4 Å². The number of hydrogen-bond donors (Lipinski definition) is 1. The van der Waals surface area contributed by atoms with Gasteiger partial charge in [0.15, 0.2) is 17.3 Å². The Balaban J connectivity index is 1.38. The van der Waals surface area contributed by atoms with Gasteiger partial charge in [-0.1, -0.05) is 17.4 Å². The van der Waals surface area contributed by atoms with Crippen molar-refractivity contribution in [2.75, 3.05) is 7.11 Å². The van der Waals surface area contributed by atoms with Gasteiger partial charge >= 0.3 is 0 Å². The largest absolute Gasteiger partial charge is 0.493 e. The molecule has 172 valence electrons. The highest BCUT2D eigenvalue weighted by molar-refractivity contribution is 8.26. The molecule has 2 aliphatic rings. The molecule has 2 aromatic heterocycles. The van der Waals surface area contributed by atoms with Gasteiger partial charge in [-0.05, 0) is 49.4 Å². The van der Waals surface area contributed by atoms with Gasteiger partial charge in [-0.15, -0.1) is 0 Å². The van der Waals surface area contributed by atoms with Crippen molar-refractivity contribution in [1.82, 2.24) is 19.6 Å². The lowest BCUT2D eigenvalue weighted by molar-refractivity contribution is -0.114. The van der Waals surface area contributed by atoms with Crippen LogP contribution in [-0.2, 0) is 11.4 Å². The van der Waals surface area contributed by atoms with Gasteiger partial charge in [0, 0.05) is 6.07 Å². The lowest BCUT2D eigenvalue weighted by Gasteiger charge is -2.20. The third-order valence-corrected chi connectivity index (χ3v) is 6.48. The first-order chi connectivity index (χ1) is 16.3. The van der Waals surface area contributed by atoms with Crippen LogP contribution in [-0.4, -0.2) is 48.7 Å². The molecule has 0 aliphatic carbocycles. The third-order valence-electron chi connectivity index (χ3n) is 4.83. The summed E-state index contributed by atoms with van der Waals surface area (Å²) in [5.41, 5.74) is 0.942. The molecule has 2 aliphatic heterocycles. The summed E-state index contributed by atoms with van der Waals surface area (Å²) in [6.45, 7) is 3.66. The quantitative estimate of drug-likeness (QED) is 0.534. The van der Waals surface area contributed by atoms with E-state index in [1.807, 2.05) is 6.92 Å². The van der Waals surface area contributed by atoms with Crippen LogP contribution in [0.5, 0.6) is 11.5 Å². The van der Waals surface area contributed by atoms with Gasteiger partial charge in [-0.3, -0.25) is 15.0 Å². The Morgan fingerprint density at radius 1 is 1.18 bits per heavy atom. The maximum absolute atomic E-state index is 12.5. The first kappa shape index (κ1) is 22.0. The standard InChI is InChI=1S/C21H17N7O4S2/c1-10-25-27-17(29)8-13(23-20(27)33-10)9-32-15-5-4-12(7-16(15)31-3)6-14-18(22)28-21(24-19(14)30)34-11(2)26-28/h4-8,22H,9H2,1-3H3/b14-6+,22-18?. The molecule has 0 saturated heterocycles. The Kier molecular flexibility index (Phi) is 5.49. The molecule has 3 aromatic rings. The van der Waals surface area contributed by atoms with Crippen LogP contribution in [0.1, 0.15) is 23.2 Å². The Morgan fingerprint density at radius 3 is 2.79 bits per heavy atom. The SMILES string of the molecule is COc1cc(/C=C2\C(=N)N3N=C(C)SC3=NC2=O)ccc1OCc1cc(=O)n2nc(C)sc2n1. The van der Waals surface area contributed by atoms with Crippen LogP contribution in [0.25, 0.3) is 11.0 Å². The van der Waals surface area contributed by atoms with Crippen molar-refractivity contribution in [2.24, 2.45) is 10.1 Å². The second kappa shape index (κ2) is 8.50. The fourth-order valence-corrected chi connectivity index (χ4v) is 4.83. The summed E-state index contributed by atoms with van der Waals surface area (Å²) >= 11 is 2.57. The van der Waals surface area contributed by atoms with Crippen molar-refractivity contribution in [3.63, 3.8) is 0 Å². The first-order valence-corrected chi connectivity index (χ1v) is 11.6. The van der Waals surface area contributed by atoms with Crippen molar-refractivity contribution in [2.45, 2.75) is 20.5 Å². The van der Waals surface area contributed by atoms with Crippen LogP contribution in [0, 0.1) is 12.3 Å². The molecule has 0 saturated carbocycles. The average Bonchev–Trinajstić information content (AvgIpc) is 3.37. The molecular weight excluding hydrogens is 478 g/mol. The first-order valence-electron chi connectivity index (χ1n) is 9.96. The van der Waals surface area contributed by atoms with E-state index in [1.54, 1.807) is 31.2 Å². The summed E-state index contributed by atoms with van der Waals surface area (Å²) in [6, 6.07) is 6.49. The molecule has 0 bridgehead atoms. The van der Waals surface area contributed by atoms with Crippen molar-refractivity contribution < 1.29 is 14.3 Å². The number of rotatable bonds is 5. The maximum Gasteiger partial charge on any atom is 0.283 e. The van der Waals surface area contributed by atoms with E-state index in [2.05, 4.69) is 20.2 Å². The predicted molar refractivity (Wildman–Crippen MR) is 130 cm³/mol. The molecule has 11 nitrogen and oxygen atoms in total. The number of methoxy groups -OCH3 is 1. The molecule has 34 heavy (non-hydrogen) atoms. The van der Waals surface area contributed by atoms with Crippen molar-refractivity contribution in [3.8, 4) is 11.5 Å². The minimum atomic E-state index is -0.501. The second-order valence-electron chi connectivity index (χ2n) is 7.24. The van der Waals surface area contributed by atoms with E-state index >= 15 is 0 Å².